The third-order valence-corrected chi connectivity index (χ3v) is 5.17. The summed E-state index contributed by atoms with van der Waals surface area (Å²) in [7, 11) is 4.97. The summed E-state index contributed by atoms with van der Waals surface area (Å²) in [6, 6.07) is 10.3. The second-order valence-corrected chi connectivity index (χ2v) is 7.11. The summed E-state index contributed by atoms with van der Waals surface area (Å²) in [5, 5.41) is 6.58. The first-order valence-electron chi connectivity index (χ1n) is 9.92. The number of halogens is 2. The molecule has 0 saturated carbocycles. The number of anilines is 1. The lowest BCUT2D eigenvalue weighted by molar-refractivity contribution is 0.394. The number of benzene rings is 2. The van der Waals surface area contributed by atoms with Crippen molar-refractivity contribution in [3.8, 4) is 11.5 Å². The molecule has 30 heavy (non-hydrogen) atoms. The quantitative estimate of drug-likeness (QED) is 0.535. The van der Waals surface area contributed by atoms with Crippen LogP contribution in [0.4, 0.5) is 14.5 Å². The van der Waals surface area contributed by atoms with Crippen LogP contribution < -0.4 is 25.0 Å². The Kier molecular flexibility index (Phi) is 7.32. The molecular formula is C22H28F2N4O2. The fourth-order valence-corrected chi connectivity index (χ4v) is 3.53. The summed E-state index contributed by atoms with van der Waals surface area (Å²) >= 11 is 0. The molecule has 1 aliphatic rings. The lowest BCUT2D eigenvalue weighted by Gasteiger charge is -2.21. The molecule has 2 aromatic carbocycles. The molecule has 1 aliphatic heterocycles. The Balaban J connectivity index is 1.53. The van der Waals surface area contributed by atoms with E-state index in [1.807, 2.05) is 18.2 Å². The summed E-state index contributed by atoms with van der Waals surface area (Å²) < 4.78 is 37.8. The van der Waals surface area contributed by atoms with Crippen molar-refractivity contribution in [2.75, 3.05) is 45.8 Å². The highest BCUT2D eigenvalue weighted by Crippen LogP contribution is 2.30. The minimum atomic E-state index is -0.824. The normalized spacial score (nSPS) is 16.5. The molecule has 0 amide bonds. The Bertz CT molecular complexity index is 869. The van der Waals surface area contributed by atoms with Gasteiger partial charge in [0, 0.05) is 56.6 Å². The van der Waals surface area contributed by atoms with E-state index in [0.29, 0.717) is 24.5 Å². The molecule has 0 aromatic heterocycles. The third-order valence-electron chi connectivity index (χ3n) is 5.17. The molecule has 3 rings (SSSR count). The minimum absolute atomic E-state index is 0.208. The Morgan fingerprint density at radius 2 is 1.90 bits per heavy atom. The van der Waals surface area contributed by atoms with E-state index in [-0.39, 0.29) is 6.04 Å². The number of aliphatic imine (C=N–C) groups is 1. The van der Waals surface area contributed by atoms with Gasteiger partial charge in [-0.25, -0.2) is 8.78 Å². The highest BCUT2D eigenvalue weighted by atomic mass is 19.2. The summed E-state index contributed by atoms with van der Waals surface area (Å²) in [5.74, 6) is 0.533. The smallest absolute Gasteiger partial charge is 0.191 e. The number of ether oxygens (including phenoxy) is 2. The van der Waals surface area contributed by atoms with Gasteiger partial charge in [-0.3, -0.25) is 4.99 Å². The van der Waals surface area contributed by atoms with E-state index in [1.165, 1.54) is 6.07 Å². The molecule has 0 aliphatic carbocycles. The van der Waals surface area contributed by atoms with Crippen molar-refractivity contribution in [1.82, 2.24) is 10.6 Å². The molecule has 8 heteroatoms. The van der Waals surface area contributed by atoms with Gasteiger partial charge in [0.05, 0.1) is 14.2 Å². The summed E-state index contributed by atoms with van der Waals surface area (Å²) in [6.07, 6.45) is 1.31. The molecule has 0 radical (unpaired) electrons. The first-order valence-corrected chi connectivity index (χ1v) is 9.92. The Morgan fingerprint density at radius 3 is 2.57 bits per heavy atom. The van der Waals surface area contributed by atoms with Crippen LogP contribution in [0.5, 0.6) is 11.5 Å². The largest absolute Gasteiger partial charge is 0.497 e. The monoisotopic (exact) mass is 418 g/mol. The highest BCUT2D eigenvalue weighted by molar-refractivity contribution is 5.80. The first kappa shape index (κ1) is 21.7. The topological polar surface area (TPSA) is 58.1 Å². The van der Waals surface area contributed by atoms with E-state index < -0.39 is 11.6 Å². The van der Waals surface area contributed by atoms with Gasteiger partial charge in [0.15, 0.2) is 17.6 Å². The van der Waals surface area contributed by atoms with Gasteiger partial charge in [0.1, 0.15) is 11.5 Å². The van der Waals surface area contributed by atoms with Gasteiger partial charge in [-0.15, -0.1) is 0 Å². The summed E-state index contributed by atoms with van der Waals surface area (Å²) in [6.45, 7) is 2.14. The van der Waals surface area contributed by atoms with Crippen LogP contribution in [0.25, 0.3) is 0 Å². The maximum atomic E-state index is 13.8. The van der Waals surface area contributed by atoms with Crippen LogP contribution >= 0.6 is 0 Å². The van der Waals surface area contributed by atoms with Crippen molar-refractivity contribution >= 4 is 11.6 Å². The molecule has 1 heterocycles. The predicted octanol–water partition coefficient (Wildman–Crippen LogP) is 2.97. The lowest BCUT2D eigenvalue weighted by atomic mass is 10.1. The molecular weight excluding hydrogens is 390 g/mol. The van der Waals surface area contributed by atoms with Crippen molar-refractivity contribution < 1.29 is 18.3 Å². The number of hydrogen-bond donors (Lipinski definition) is 2. The van der Waals surface area contributed by atoms with Crippen molar-refractivity contribution in [3.05, 3.63) is 53.6 Å². The molecule has 1 fully saturated rings. The number of rotatable bonds is 7. The number of nitrogens with zero attached hydrogens (tertiary/aromatic N) is 2. The van der Waals surface area contributed by atoms with Gasteiger partial charge < -0.3 is 25.0 Å². The van der Waals surface area contributed by atoms with Crippen LogP contribution in [0.1, 0.15) is 12.0 Å². The SMILES string of the molecule is CN=C(NCCc1cccc(F)c1F)NC1CCN(c2cc(OC)cc(OC)c2)C1. The van der Waals surface area contributed by atoms with Gasteiger partial charge in [0.25, 0.3) is 0 Å². The molecule has 0 bridgehead atoms. The van der Waals surface area contributed by atoms with Crippen LogP contribution in [0.15, 0.2) is 41.4 Å². The van der Waals surface area contributed by atoms with Crippen LogP contribution in [0.3, 0.4) is 0 Å². The fourth-order valence-electron chi connectivity index (χ4n) is 3.53. The van der Waals surface area contributed by atoms with Crippen molar-refractivity contribution in [1.29, 1.82) is 0 Å². The van der Waals surface area contributed by atoms with Crippen molar-refractivity contribution in [2.45, 2.75) is 18.9 Å². The van der Waals surface area contributed by atoms with Crippen molar-refractivity contribution in [3.63, 3.8) is 0 Å². The Morgan fingerprint density at radius 1 is 1.17 bits per heavy atom. The van der Waals surface area contributed by atoms with E-state index >= 15 is 0 Å². The molecule has 6 nitrogen and oxygen atoms in total. The number of methoxy groups -OCH3 is 2. The molecule has 2 N–H and O–H groups in total. The maximum Gasteiger partial charge on any atom is 0.191 e. The van der Waals surface area contributed by atoms with Gasteiger partial charge in [-0.2, -0.15) is 0 Å². The van der Waals surface area contributed by atoms with E-state index in [0.717, 1.165) is 42.8 Å². The second kappa shape index (κ2) is 10.1. The highest BCUT2D eigenvalue weighted by Gasteiger charge is 2.24. The third kappa shape index (κ3) is 5.31. The lowest BCUT2D eigenvalue weighted by Crippen LogP contribution is -2.45. The number of hydrogen-bond acceptors (Lipinski definition) is 4. The number of guanidine groups is 1. The van der Waals surface area contributed by atoms with E-state index in [9.17, 15) is 8.78 Å². The van der Waals surface area contributed by atoms with Crippen LogP contribution in [0, 0.1) is 11.6 Å². The van der Waals surface area contributed by atoms with E-state index in [4.69, 9.17) is 9.47 Å². The van der Waals surface area contributed by atoms with Gasteiger partial charge >= 0.3 is 0 Å². The summed E-state index contributed by atoms with van der Waals surface area (Å²) in [5.41, 5.74) is 1.39. The molecule has 162 valence electrons. The number of nitrogens with one attached hydrogen (secondary N) is 2. The molecule has 0 spiro atoms. The first-order chi connectivity index (χ1) is 14.5. The zero-order chi connectivity index (χ0) is 21.5. The van der Waals surface area contributed by atoms with E-state index in [2.05, 4.69) is 20.5 Å². The maximum absolute atomic E-state index is 13.8. The fraction of sp³-hybridized carbons (Fsp3) is 0.409. The van der Waals surface area contributed by atoms with Gasteiger partial charge in [-0.05, 0) is 24.5 Å². The zero-order valence-electron chi connectivity index (χ0n) is 17.5. The average Bonchev–Trinajstić information content (AvgIpc) is 3.24. The standard InChI is InChI=1S/C22H28F2N4O2/c1-25-22(26-9-7-15-5-4-6-20(23)21(15)24)27-16-8-10-28(14-16)17-11-18(29-2)13-19(12-17)30-3/h4-6,11-13,16H,7-10,14H2,1-3H3,(H2,25,26,27). The molecule has 1 saturated heterocycles. The second-order valence-electron chi connectivity index (χ2n) is 7.11. The van der Waals surface area contributed by atoms with Gasteiger partial charge in [0.2, 0.25) is 0 Å². The zero-order valence-corrected chi connectivity index (χ0v) is 17.5. The Hall–Kier alpha value is -3.03. The average molecular weight is 418 g/mol. The van der Waals surface area contributed by atoms with Crippen molar-refractivity contribution in [2.24, 2.45) is 4.99 Å². The molecule has 1 unspecified atom stereocenters. The molecule has 2 aromatic rings. The van der Waals surface area contributed by atoms with Crippen LogP contribution in [-0.4, -0.2) is 52.9 Å². The summed E-state index contributed by atoms with van der Waals surface area (Å²) in [4.78, 5) is 6.51. The minimum Gasteiger partial charge on any atom is -0.497 e. The van der Waals surface area contributed by atoms with Gasteiger partial charge in [-0.1, -0.05) is 12.1 Å². The Labute approximate surface area is 175 Å². The van der Waals surface area contributed by atoms with Crippen LogP contribution in [0.2, 0.25) is 0 Å². The van der Waals surface area contributed by atoms with Crippen LogP contribution in [-0.2, 0) is 6.42 Å². The molecule has 1 atom stereocenters. The van der Waals surface area contributed by atoms with E-state index in [1.54, 1.807) is 27.3 Å². The predicted molar refractivity (Wildman–Crippen MR) is 115 cm³/mol.